The van der Waals surface area contributed by atoms with E-state index in [1.807, 2.05) is 0 Å². The molecule has 1 unspecified atom stereocenters. The molecule has 1 saturated heterocycles. The van der Waals surface area contributed by atoms with E-state index in [0.717, 1.165) is 12.8 Å². The van der Waals surface area contributed by atoms with Crippen LogP contribution in [0, 0.1) is 0 Å². The van der Waals surface area contributed by atoms with Gasteiger partial charge in [0.2, 0.25) is 5.91 Å². The van der Waals surface area contributed by atoms with Crippen molar-refractivity contribution in [3.8, 4) is 0 Å². The number of rotatable bonds is 4. The zero-order valence-corrected chi connectivity index (χ0v) is 12.6. The lowest BCUT2D eigenvalue weighted by Gasteiger charge is -2.32. The van der Waals surface area contributed by atoms with Crippen LogP contribution in [0.4, 0.5) is 0 Å². The summed E-state index contributed by atoms with van der Waals surface area (Å²) in [5.74, 6) is -1.06. The van der Waals surface area contributed by atoms with E-state index in [1.165, 1.54) is 12.4 Å². The number of carbonyl (C=O) groups excluding carboxylic acids is 1. The van der Waals surface area contributed by atoms with E-state index in [1.54, 1.807) is 34.1 Å². The molecule has 7 nitrogen and oxygen atoms in total. The number of piperidine rings is 1. The summed E-state index contributed by atoms with van der Waals surface area (Å²) < 4.78 is 1.78. The lowest BCUT2D eigenvalue weighted by Crippen LogP contribution is -2.41. The lowest BCUT2D eigenvalue weighted by atomic mass is 10.0. The quantitative estimate of drug-likeness (QED) is 0.921. The Morgan fingerprint density at radius 3 is 2.87 bits per heavy atom. The molecule has 23 heavy (non-hydrogen) atoms. The summed E-state index contributed by atoms with van der Waals surface area (Å²) in [7, 11) is 0. The van der Waals surface area contributed by atoms with Crippen molar-refractivity contribution in [3.63, 3.8) is 0 Å². The summed E-state index contributed by atoms with van der Waals surface area (Å²) in [6.45, 7) is 1.27. The van der Waals surface area contributed by atoms with Crippen molar-refractivity contribution in [2.45, 2.75) is 25.3 Å². The Bertz CT molecular complexity index is 699. The molecular formula is C16H18N4O3. The highest BCUT2D eigenvalue weighted by Crippen LogP contribution is 2.21. The summed E-state index contributed by atoms with van der Waals surface area (Å²) in [5.41, 5.74) is 0.735. The van der Waals surface area contributed by atoms with Gasteiger partial charge in [0.1, 0.15) is 12.7 Å². The molecule has 7 heteroatoms. The Hall–Kier alpha value is -2.70. The van der Waals surface area contributed by atoms with Gasteiger partial charge < -0.3 is 10.0 Å². The van der Waals surface area contributed by atoms with Crippen molar-refractivity contribution < 1.29 is 14.7 Å². The van der Waals surface area contributed by atoms with Gasteiger partial charge in [-0.05, 0) is 24.5 Å². The SMILES string of the molecule is O=C(O)c1ccccc1CC(=O)N1CCCC(n2cncn2)C1. The Morgan fingerprint density at radius 1 is 1.30 bits per heavy atom. The van der Waals surface area contributed by atoms with Crippen LogP contribution in [0.5, 0.6) is 0 Å². The molecule has 1 fully saturated rings. The second-order valence-corrected chi connectivity index (χ2v) is 5.65. The molecule has 2 aromatic rings. The minimum atomic E-state index is -1.01. The smallest absolute Gasteiger partial charge is 0.335 e. The van der Waals surface area contributed by atoms with Crippen molar-refractivity contribution in [1.82, 2.24) is 19.7 Å². The van der Waals surface area contributed by atoms with Gasteiger partial charge >= 0.3 is 5.97 Å². The molecular weight excluding hydrogens is 296 g/mol. The topological polar surface area (TPSA) is 88.3 Å². The fraction of sp³-hybridized carbons (Fsp3) is 0.375. The largest absolute Gasteiger partial charge is 0.478 e. The first-order valence-corrected chi connectivity index (χ1v) is 7.58. The van der Waals surface area contributed by atoms with Crippen LogP contribution < -0.4 is 0 Å². The van der Waals surface area contributed by atoms with E-state index in [4.69, 9.17) is 0 Å². The number of amides is 1. The molecule has 1 amide bonds. The maximum Gasteiger partial charge on any atom is 0.335 e. The zero-order valence-electron chi connectivity index (χ0n) is 12.6. The molecule has 0 radical (unpaired) electrons. The molecule has 3 rings (SSSR count). The van der Waals surface area contributed by atoms with Crippen molar-refractivity contribution in [2.24, 2.45) is 0 Å². The molecule has 0 spiro atoms. The minimum Gasteiger partial charge on any atom is -0.478 e. The van der Waals surface area contributed by atoms with Gasteiger partial charge in [-0.25, -0.2) is 14.5 Å². The highest BCUT2D eigenvalue weighted by Gasteiger charge is 2.26. The summed E-state index contributed by atoms with van der Waals surface area (Å²) >= 11 is 0. The fourth-order valence-corrected chi connectivity index (χ4v) is 2.96. The van der Waals surface area contributed by atoms with Gasteiger partial charge in [-0.1, -0.05) is 18.2 Å². The number of carbonyl (C=O) groups is 2. The van der Waals surface area contributed by atoms with Gasteiger partial charge in [-0.15, -0.1) is 0 Å². The van der Waals surface area contributed by atoms with Crippen LogP contribution in [-0.2, 0) is 11.2 Å². The molecule has 0 saturated carbocycles. The second kappa shape index (κ2) is 6.60. The third-order valence-electron chi connectivity index (χ3n) is 4.15. The van der Waals surface area contributed by atoms with Gasteiger partial charge in [0.05, 0.1) is 18.0 Å². The number of likely N-dealkylation sites (tertiary alicyclic amines) is 1. The van der Waals surface area contributed by atoms with Crippen molar-refractivity contribution in [3.05, 3.63) is 48.0 Å². The van der Waals surface area contributed by atoms with Crippen LogP contribution in [0.15, 0.2) is 36.9 Å². The highest BCUT2D eigenvalue weighted by molar-refractivity contribution is 5.91. The summed E-state index contributed by atoms with van der Waals surface area (Å²) in [6, 6.07) is 6.77. The zero-order chi connectivity index (χ0) is 16.2. The molecule has 0 aliphatic carbocycles. The van der Waals surface area contributed by atoms with Crippen LogP contribution in [-0.4, -0.2) is 49.7 Å². The maximum absolute atomic E-state index is 12.5. The molecule has 1 atom stereocenters. The average Bonchev–Trinajstić information content (AvgIpc) is 3.10. The van der Waals surface area contributed by atoms with E-state index < -0.39 is 5.97 Å². The predicted octanol–water partition coefficient (Wildman–Crippen LogP) is 1.38. The van der Waals surface area contributed by atoms with E-state index in [0.29, 0.717) is 18.7 Å². The number of aromatic carboxylic acids is 1. The van der Waals surface area contributed by atoms with Crippen LogP contribution in [0.2, 0.25) is 0 Å². The van der Waals surface area contributed by atoms with Gasteiger partial charge in [-0.2, -0.15) is 5.10 Å². The first-order chi connectivity index (χ1) is 11.1. The fourth-order valence-electron chi connectivity index (χ4n) is 2.96. The van der Waals surface area contributed by atoms with Crippen LogP contribution in [0.1, 0.15) is 34.8 Å². The van der Waals surface area contributed by atoms with Gasteiger partial charge in [-0.3, -0.25) is 4.79 Å². The van der Waals surface area contributed by atoms with Gasteiger partial charge in [0.25, 0.3) is 0 Å². The predicted molar refractivity (Wildman–Crippen MR) is 82.0 cm³/mol. The number of carboxylic acid groups (broad SMARTS) is 1. The van der Waals surface area contributed by atoms with E-state index >= 15 is 0 Å². The molecule has 1 aromatic carbocycles. The van der Waals surface area contributed by atoms with E-state index in [9.17, 15) is 14.7 Å². The Morgan fingerprint density at radius 2 is 2.13 bits per heavy atom. The molecule has 1 N–H and O–H groups in total. The van der Waals surface area contributed by atoms with Crippen LogP contribution >= 0.6 is 0 Å². The van der Waals surface area contributed by atoms with Crippen LogP contribution in [0.3, 0.4) is 0 Å². The number of hydrogen-bond acceptors (Lipinski definition) is 4. The highest BCUT2D eigenvalue weighted by atomic mass is 16.4. The molecule has 2 heterocycles. The maximum atomic E-state index is 12.5. The normalized spacial score (nSPS) is 17.9. The number of nitrogens with zero attached hydrogens (tertiary/aromatic N) is 4. The second-order valence-electron chi connectivity index (χ2n) is 5.65. The first kappa shape index (κ1) is 15.2. The van der Waals surface area contributed by atoms with E-state index in [2.05, 4.69) is 10.1 Å². The molecule has 1 aliphatic heterocycles. The van der Waals surface area contributed by atoms with Gasteiger partial charge in [0, 0.05) is 13.1 Å². The average molecular weight is 314 g/mol. The molecule has 1 aromatic heterocycles. The van der Waals surface area contributed by atoms with Crippen molar-refractivity contribution in [2.75, 3.05) is 13.1 Å². The summed E-state index contributed by atoms with van der Waals surface area (Å²) in [6.07, 6.45) is 5.12. The van der Waals surface area contributed by atoms with Gasteiger partial charge in [0.15, 0.2) is 0 Å². The number of hydrogen-bond donors (Lipinski definition) is 1. The third-order valence-corrected chi connectivity index (χ3v) is 4.15. The van der Waals surface area contributed by atoms with Crippen molar-refractivity contribution in [1.29, 1.82) is 0 Å². The molecule has 120 valence electrons. The Labute approximate surface area is 133 Å². The Balaban J connectivity index is 1.70. The van der Waals surface area contributed by atoms with Crippen molar-refractivity contribution >= 4 is 11.9 Å². The molecule has 1 aliphatic rings. The standard InChI is InChI=1S/C16H18N4O3/c21-15(8-12-4-1-2-6-14(12)16(22)23)19-7-3-5-13(9-19)20-11-17-10-18-20/h1-2,4,6,10-11,13H,3,5,7-9H2,(H,22,23). The molecule has 0 bridgehead atoms. The third kappa shape index (κ3) is 3.39. The summed E-state index contributed by atoms with van der Waals surface area (Å²) in [4.78, 5) is 29.5. The number of benzene rings is 1. The monoisotopic (exact) mass is 314 g/mol. The first-order valence-electron chi connectivity index (χ1n) is 7.58. The Kier molecular flexibility index (Phi) is 4.36. The number of carboxylic acids is 1. The van der Waals surface area contributed by atoms with E-state index in [-0.39, 0.29) is 23.9 Å². The minimum absolute atomic E-state index is 0.0523. The lowest BCUT2D eigenvalue weighted by molar-refractivity contribution is -0.132. The summed E-state index contributed by atoms with van der Waals surface area (Å²) in [5, 5.41) is 13.4. The number of aromatic nitrogens is 3. The van der Waals surface area contributed by atoms with Crippen LogP contribution in [0.25, 0.3) is 0 Å².